The second-order valence-electron chi connectivity index (χ2n) is 6.42. The van der Waals surface area contributed by atoms with Crippen molar-refractivity contribution in [2.75, 3.05) is 7.11 Å². The Morgan fingerprint density at radius 1 is 1.26 bits per heavy atom. The molecule has 4 heteroatoms. The van der Waals surface area contributed by atoms with E-state index in [9.17, 15) is 9.59 Å². The molecule has 2 bridgehead atoms. The number of esters is 1. The van der Waals surface area contributed by atoms with E-state index in [4.69, 9.17) is 4.74 Å². The van der Waals surface area contributed by atoms with Gasteiger partial charge in [-0.3, -0.25) is 9.59 Å². The number of hydrogen-bond acceptors (Lipinski definition) is 3. The van der Waals surface area contributed by atoms with Crippen LogP contribution in [0, 0.1) is 23.7 Å². The van der Waals surface area contributed by atoms with E-state index in [0.29, 0.717) is 5.92 Å². The molecular weight excluding hydrogens is 242 g/mol. The van der Waals surface area contributed by atoms with Crippen LogP contribution in [0.5, 0.6) is 0 Å². The summed E-state index contributed by atoms with van der Waals surface area (Å²) in [6, 6.07) is -0.112. The van der Waals surface area contributed by atoms with Gasteiger partial charge in [0.25, 0.3) is 0 Å². The molecule has 0 heterocycles. The number of carbonyl (C=O) groups is 2. The molecule has 1 amide bonds. The minimum absolute atomic E-state index is 0.112. The third-order valence-corrected chi connectivity index (χ3v) is 4.82. The molecular formula is C15H25NO3. The van der Waals surface area contributed by atoms with E-state index >= 15 is 0 Å². The number of nitrogens with one attached hydrogen (secondary N) is 1. The van der Waals surface area contributed by atoms with E-state index in [1.807, 2.05) is 13.8 Å². The molecule has 4 atom stereocenters. The zero-order valence-corrected chi connectivity index (χ0v) is 12.1. The van der Waals surface area contributed by atoms with Crippen LogP contribution in [0.1, 0.15) is 46.0 Å². The van der Waals surface area contributed by atoms with Gasteiger partial charge in [-0.2, -0.15) is 0 Å². The van der Waals surface area contributed by atoms with Gasteiger partial charge in [0.1, 0.15) is 0 Å². The first-order valence-corrected chi connectivity index (χ1v) is 7.38. The first kappa shape index (κ1) is 14.4. The van der Waals surface area contributed by atoms with Crippen molar-refractivity contribution in [1.82, 2.24) is 5.32 Å². The topological polar surface area (TPSA) is 55.4 Å². The van der Waals surface area contributed by atoms with Gasteiger partial charge in [-0.05, 0) is 37.0 Å². The Morgan fingerprint density at radius 3 is 2.47 bits per heavy atom. The van der Waals surface area contributed by atoms with Crippen molar-refractivity contribution in [2.24, 2.45) is 23.7 Å². The fraction of sp³-hybridized carbons (Fsp3) is 0.867. The summed E-state index contributed by atoms with van der Waals surface area (Å²) >= 11 is 0. The largest absolute Gasteiger partial charge is 0.469 e. The molecule has 1 N–H and O–H groups in total. The molecule has 2 rings (SSSR count). The molecule has 2 fully saturated rings. The summed E-state index contributed by atoms with van der Waals surface area (Å²) < 4.78 is 4.70. The zero-order chi connectivity index (χ0) is 14.0. The van der Waals surface area contributed by atoms with E-state index in [0.717, 1.165) is 12.3 Å². The second-order valence-corrected chi connectivity index (χ2v) is 6.42. The van der Waals surface area contributed by atoms with E-state index in [2.05, 4.69) is 5.32 Å². The summed E-state index contributed by atoms with van der Waals surface area (Å²) in [6.45, 7) is 4.05. The summed E-state index contributed by atoms with van der Waals surface area (Å²) in [5, 5.41) is 3.07. The van der Waals surface area contributed by atoms with Gasteiger partial charge in [0, 0.05) is 12.0 Å². The fourth-order valence-electron chi connectivity index (χ4n) is 3.57. The lowest BCUT2D eigenvalue weighted by atomic mass is 9.87. The number of amides is 1. The third-order valence-electron chi connectivity index (χ3n) is 4.82. The highest BCUT2D eigenvalue weighted by molar-refractivity contribution is 5.80. The van der Waals surface area contributed by atoms with Crippen molar-refractivity contribution in [3.05, 3.63) is 0 Å². The van der Waals surface area contributed by atoms with E-state index in [-0.39, 0.29) is 36.2 Å². The van der Waals surface area contributed by atoms with Crippen LogP contribution >= 0.6 is 0 Å². The van der Waals surface area contributed by atoms with Gasteiger partial charge < -0.3 is 10.1 Å². The van der Waals surface area contributed by atoms with Crippen LogP contribution in [-0.4, -0.2) is 25.0 Å². The Hall–Kier alpha value is -1.06. The van der Waals surface area contributed by atoms with Gasteiger partial charge in [0.15, 0.2) is 0 Å². The normalized spacial score (nSPS) is 30.4. The molecule has 4 nitrogen and oxygen atoms in total. The number of methoxy groups -OCH3 is 1. The van der Waals surface area contributed by atoms with Gasteiger partial charge in [-0.1, -0.05) is 20.3 Å². The van der Waals surface area contributed by atoms with Crippen LogP contribution in [0.2, 0.25) is 0 Å². The summed E-state index contributed by atoms with van der Waals surface area (Å²) in [5.74, 6) is 1.65. The first-order valence-electron chi connectivity index (χ1n) is 7.38. The van der Waals surface area contributed by atoms with E-state index < -0.39 is 0 Å². The van der Waals surface area contributed by atoms with Crippen LogP contribution < -0.4 is 5.32 Å². The third kappa shape index (κ3) is 3.28. The fourth-order valence-corrected chi connectivity index (χ4v) is 3.57. The summed E-state index contributed by atoms with van der Waals surface area (Å²) in [7, 11) is 1.39. The zero-order valence-electron chi connectivity index (χ0n) is 12.1. The lowest BCUT2D eigenvalue weighted by molar-refractivity contribution is -0.141. The highest BCUT2D eigenvalue weighted by atomic mass is 16.5. The van der Waals surface area contributed by atoms with Crippen molar-refractivity contribution < 1.29 is 14.3 Å². The smallest absolute Gasteiger partial charge is 0.307 e. The number of rotatable bonds is 5. The molecule has 0 aromatic carbocycles. The Labute approximate surface area is 115 Å². The molecule has 0 spiro atoms. The molecule has 19 heavy (non-hydrogen) atoms. The predicted molar refractivity (Wildman–Crippen MR) is 72.3 cm³/mol. The van der Waals surface area contributed by atoms with Crippen LogP contribution in [-0.2, 0) is 14.3 Å². The molecule has 108 valence electrons. The van der Waals surface area contributed by atoms with E-state index in [1.54, 1.807) is 0 Å². The highest BCUT2D eigenvalue weighted by Crippen LogP contribution is 2.48. The molecule has 2 aliphatic carbocycles. The maximum atomic E-state index is 12.4. The maximum Gasteiger partial charge on any atom is 0.307 e. The predicted octanol–water partition coefficient (Wildman–Crippen LogP) is 2.13. The molecule has 0 radical (unpaired) electrons. The lowest BCUT2D eigenvalue weighted by Gasteiger charge is -2.26. The van der Waals surface area contributed by atoms with Crippen LogP contribution in [0.4, 0.5) is 0 Å². The van der Waals surface area contributed by atoms with Crippen LogP contribution in [0.15, 0.2) is 0 Å². The highest BCUT2D eigenvalue weighted by Gasteiger charge is 2.43. The molecule has 0 aromatic rings. The molecule has 2 saturated carbocycles. The number of hydrogen-bond donors (Lipinski definition) is 1. The maximum absolute atomic E-state index is 12.4. The molecule has 2 unspecified atom stereocenters. The van der Waals surface area contributed by atoms with Gasteiger partial charge >= 0.3 is 5.97 Å². The Balaban J connectivity index is 1.90. The lowest BCUT2D eigenvalue weighted by Crippen LogP contribution is -2.44. The summed E-state index contributed by atoms with van der Waals surface area (Å²) in [4.78, 5) is 23.7. The first-order chi connectivity index (χ1) is 9.01. The molecule has 0 aliphatic heterocycles. The van der Waals surface area contributed by atoms with Crippen LogP contribution in [0.3, 0.4) is 0 Å². The van der Waals surface area contributed by atoms with Crippen molar-refractivity contribution >= 4 is 11.9 Å². The molecule has 0 saturated heterocycles. The minimum Gasteiger partial charge on any atom is -0.469 e. The number of fused-ring (bicyclic) bond motifs is 2. The average molecular weight is 267 g/mol. The van der Waals surface area contributed by atoms with Crippen molar-refractivity contribution in [1.29, 1.82) is 0 Å². The number of carbonyl (C=O) groups excluding carboxylic acids is 2. The Morgan fingerprint density at radius 2 is 2.00 bits per heavy atom. The van der Waals surface area contributed by atoms with Crippen molar-refractivity contribution in [3.8, 4) is 0 Å². The SMILES string of the molecule is COC(=O)CC(NC(=O)C1C[C@H]2CC[C@@H]1C2)C(C)C. The monoisotopic (exact) mass is 267 g/mol. The summed E-state index contributed by atoms with van der Waals surface area (Å²) in [6.07, 6.45) is 5.03. The van der Waals surface area contributed by atoms with Crippen molar-refractivity contribution in [2.45, 2.75) is 52.0 Å². The number of ether oxygens (including phenoxy) is 1. The van der Waals surface area contributed by atoms with Gasteiger partial charge in [0.2, 0.25) is 5.91 Å². The van der Waals surface area contributed by atoms with Crippen LogP contribution in [0.25, 0.3) is 0 Å². The van der Waals surface area contributed by atoms with Crippen molar-refractivity contribution in [3.63, 3.8) is 0 Å². The Bertz CT molecular complexity index is 353. The van der Waals surface area contributed by atoms with Gasteiger partial charge in [-0.25, -0.2) is 0 Å². The second kappa shape index (κ2) is 5.93. The van der Waals surface area contributed by atoms with E-state index in [1.165, 1.54) is 26.4 Å². The van der Waals surface area contributed by atoms with Gasteiger partial charge in [-0.15, -0.1) is 0 Å². The minimum atomic E-state index is -0.257. The Kier molecular flexibility index (Phi) is 4.48. The van der Waals surface area contributed by atoms with Gasteiger partial charge in [0.05, 0.1) is 13.5 Å². The molecule has 2 aliphatic rings. The molecule has 0 aromatic heterocycles. The average Bonchev–Trinajstić information content (AvgIpc) is 2.99. The standard InChI is InChI=1S/C15H25NO3/c1-9(2)13(8-14(17)19-3)16-15(18)12-7-10-4-5-11(12)6-10/h9-13H,4-8H2,1-3H3,(H,16,18)/t10-,11+,12?,13?/m0/s1. The summed E-state index contributed by atoms with van der Waals surface area (Å²) in [5.41, 5.74) is 0. The quantitative estimate of drug-likeness (QED) is 0.776.